The van der Waals surface area contributed by atoms with Gasteiger partial charge in [0.15, 0.2) is 6.10 Å². The number of nitrogens with two attached hydrogens (primary N) is 1. The Morgan fingerprint density at radius 1 is 1.16 bits per heavy atom. The molecule has 0 fully saturated rings. The van der Waals surface area contributed by atoms with Crippen molar-refractivity contribution in [3.05, 3.63) is 48.5 Å². The molecule has 1 heterocycles. The molecule has 0 saturated heterocycles. The number of sulfonamides is 1. The number of carbonyl (C=O) groups excluding carboxylic acids is 2. The van der Waals surface area contributed by atoms with Crippen molar-refractivity contribution < 1.29 is 22.7 Å². The summed E-state index contributed by atoms with van der Waals surface area (Å²) in [7, 11) is -3.64. The topological polar surface area (TPSA) is 122 Å². The molecule has 0 bridgehead atoms. The summed E-state index contributed by atoms with van der Waals surface area (Å²) in [4.78, 5) is 26.2. The van der Waals surface area contributed by atoms with Gasteiger partial charge in [-0.2, -0.15) is 4.31 Å². The maximum atomic E-state index is 12.7. The number of carbonyl (C=O) groups is 2. The Morgan fingerprint density at radius 2 is 1.87 bits per heavy atom. The van der Waals surface area contributed by atoms with Gasteiger partial charge >= 0.3 is 0 Å². The molecule has 0 aromatic heterocycles. The number of para-hydroxylation sites is 2. The number of amides is 2. The van der Waals surface area contributed by atoms with E-state index in [1.54, 1.807) is 55.1 Å². The number of ether oxygens (including phenoxy) is 1. The molecule has 1 unspecified atom stereocenters. The number of nitrogens with one attached hydrogen (secondary N) is 1. The SMILES string of the molecule is CCN(CC)S(=O)(=O)c1cccc(NC(=O)CN2CC(C(N)=O)Oc3ccccc32)c1. The van der Waals surface area contributed by atoms with E-state index >= 15 is 0 Å². The van der Waals surface area contributed by atoms with Gasteiger partial charge in [0.2, 0.25) is 15.9 Å². The summed E-state index contributed by atoms with van der Waals surface area (Å²) in [6.45, 7) is 4.32. The van der Waals surface area contributed by atoms with Crippen LogP contribution in [0.4, 0.5) is 11.4 Å². The second-order valence-electron chi connectivity index (χ2n) is 7.02. The highest BCUT2D eigenvalue weighted by Gasteiger charge is 2.30. The Morgan fingerprint density at radius 3 is 2.55 bits per heavy atom. The highest BCUT2D eigenvalue weighted by molar-refractivity contribution is 7.89. The third-order valence-corrected chi connectivity index (χ3v) is 7.02. The molecule has 0 saturated carbocycles. The van der Waals surface area contributed by atoms with Crippen molar-refractivity contribution in [2.45, 2.75) is 24.8 Å². The van der Waals surface area contributed by atoms with Crippen LogP contribution in [0.3, 0.4) is 0 Å². The van der Waals surface area contributed by atoms with Crippen molar-refractivity contribution in [3.8, 4) is 5.75 Å². The molecule has 2 aromatic rings. The first-order valence-electron chi connectivity index (χ1n) is 9.96. The molecule has 2 aromatic carbocycles. The maximum Gasteiger partial charge on any atom is 0.260 e. The maximum absolute atomic E-state index is 12.7. The number of fused-ring (bicyclic) bond motifs is 1. The van der Waals surface area contributed by atoms with E-state index in [9.17, 15) is 18.0 Å². The zero-order valence-electron chi connectivity index (χ0n) is 17.4. The average molecular weight is 447 g/mol. The molecule has 0 radical (unpaired) electrons. The van der Waals surface area contributed by atoms with Gasteiger partial charge in [-0.05, 0) is 30.3 Å². The van der Waals surface area contributed by atoms with E-state index < -0.39 is 22.0 Å². The second kappa shape index (κ2) is 9.36. The average Bonchev–Trinajstić information content (AvgIpc) is 2.74. The Kier molecular flexibility index (Phi) is 6.81. The van der Waals surface area contributed by atoms with Gasteiger partial charge in [0.1, 0.15) is 5.75 Å². The van der Waals surface area contributed by atoms with Gasteiger partial charge < -0.3 is 20.7 Å². The molecule has 31 heavy (non-hydrogen) atoms. The van der Waals surface area contributed by atoms with Gasteiger partial charge in [-0.1, -0.05) is 32.0 Å². The molecule has 0 aliphatic carbocycles. The lowest BCUT2D eigenvalue weighted by Crippen LogP contribution is -2.49. The van der Waals surface area contributed by atoms with E-state index in [0.717, 1.165) is 0 Å². The first kappa shape index (κ1) is 22.6. The standard InChI is InChI=1S/C21H26N4O5S/c1-3-25(4-2)31(28,29)16-9-7-8-15(12-16)23-20(26)14-24-13-19(21(22)27)30-18-11-6-5-10-17(18)24/h5-12,19H,3-4,13-14H2,1-2H3,(H2,22,27)(H,23,26). The zero-order valence-corrected chi connectivity index (χ0v) is 18.3. The molecular weight excluding hydrogens is 420 g/mol. The number of hydrogen-bond acceptors (Lipinski definition) is 6. The van der Waals surface area contributed by atoms with Crippen LogP contribution in [0.15, 0.2) is 53.4 Å². The Hall–Kier alpha value is -3.11. The molecule has 3 rings (SSSR count). The monoisotopic (exact) mass is 446 g/mol. The zero-order chi connectivity index (χ0) is 22.6. The number of rotatable bonds is 8. The van der Waals surface area contributed by atoms with Crippen molar-refractivity contribution in [2.24, 2.45) is 5.73 Å². The molecular formula is C21H26N4O5S. The summed E-state index contributed by atoms with van der Waals surface area (Å²) in [5.41, 5.74) is 6.43. The van der Waals surface area contributed by atoms with E-state index in [-0.39, 0.29) is 23.9 Å². The fraction of sp³-hybridized carbons (Fsp3) is 0.333. The predicted octanol–water partition coefficient (Wildman–Crippen LogP) is 1.41. The number of nitrogens with zero attached hydrogens (tertiary/aromatic N) is 2. The first-order chi connectivity index (χ1) is 14.8. The van der Waals surface area contributed by atoms with Crippen LogP contribution in [0.2, 0.25) is 0 Å². The number of hydrogen-bond donors (Lipinski definition) is 2. The molecule has 0 spiro atoms. The van der Waals surface area contributed by atoms with Crippen molar-refractivity contribution >= 4 is 33.2 Å². The second-order valence-corrected chi connectivity index (χ2v) is 8.96. The summed E-state index contributed by atoms with van der Waals surface area (Å²) in [5.74, 6) is -0.510. The van der Waals surface area contributed by atoms with E-state index in [0.29, 0.717) is 30.2 Å². The van der Waals surface area contributed by atoms with Gasteiger partial charge in [0.25, 0.3) is 5.91 Å². The Balaban J connectivity index is 1.76. The van der Waals surface area contributed by atoms with Crippen LogP contribution in [0, 0.1) is 0 Å². The van der Waals surface area contributed by atoms with Crippen LogP contribution in [-0.4, -0.2) is 56.8 Å². The summed E-state index contributed by atoms with van der Waals surface area (Å²) >= 11 is 0. The third-order valence-electron chi connectivity index (χ3n) is 4.97. The number of anilines is 2. The largest absolute Gasteiger partial charge is 0.477 e. The van der Waals surface area contributed by atoms with E-state index in [1.807, 2.05) is 0 Å². The highest BCUT2D eigenvalue weighted by Crippen LogP contribution is 2.32. The minimum Gasteiger partial charge on any atom is -0.477 e. The summed E-state index contributed by atoms with van der Waals surface area (Å²) < 4.78 is 32.4. The molecule has 1 aliphatic rings. The fourth-order valence-corrected chi connectivity index (χ4v) is 4.93. The third kappa shape index (κ3) is 4.97. The molecule has 10 heteroatoms. The van der Waals surface area contributed by atoms with Crippen molar-refractivity contribution in [1.82, 2.24) is 4.31 Å². The fourth-order valence-electron chi connectivity index (χ4n) is 3.43. The van der Waals surface area contributed by atoms with Gasteiger partial charge in [-0.3, -0.25) is 9.59 Å². The lowest BCUT2D eigenvalue weighted by molar-refractivity contribution is -0.125. The smallest absolute Gasteiger partial charge is 0.260 e. The van der Waals surface area contributed by atoms with Crippen molar-refractivity contribution in [2.75, 3.05) is 36.4 Å². The minimum atomic E-state index is -3.64. The van der Waals surface area contributed by atoms with E-state index in [4.69, 9.17) is 10.5 Å². The van der Waals surface area contributed by atoms with Gasteiger partial charge in [-0.25, -0.2) is 8.42 Å². The van der Waals surface area contributed by atoms with Gasteiger partial charge in [0.05, 0.1) is 23.7 Å². The van der Waals surface area contributed by atoms with Crippen LogP contribution in [-0.2, 0) is 19.6 Å². The van der Waals surface area contributed by atoms with Crippen LogP contribution < -0.4 is 20.7 Å². The molecule has 3 N–H and O–H groups in total. The van der Waals surface area contributed by atoms with Crippen LogP contribution in [0.5, 0.6) is 5.75 Å². The molecule has 9 nitrogen and oxygen atoms in total. The summed E-state index contributed by atoms with van der Waals surface area (Å²) in [6.07, 6.45) is -0.870. The molecule has 1 atom stereocenters. The minimum absolute atomic E-state index is 0.0584. The normalized spacial score (nSPS) is 15.8. The van der Waals surface area contributed by atoms with Crippen LogP contribution in [0.1, 0.15) is 13.8 Å². The van der Waals surface area contributed by atoms with Crippen LogP contribution in [0.25, 0.3) is 0 Å². The Labute approximate surface area is 181 Å². The molecule has 166 valence electrons. The first-order valence-corrected chi connectivity index (χ1v) is 11.4. The molecule has 1 aliphatic heterocycles. The quantitative estimate of drug-likeness (QED) is 0.632. The predicted molar refractivity (Wildman–Crippen MR) is 117 cm³/mol. The Bertz CT molecular complexity index is 1070. The lowest BCUT2D eigenvalue weighted by Gasteiger charge is -2.34. The molecule has 2 amide bonds. The number of benzene rings is 2. The van der Waals surface area contributed by atoms with E-state index in [1.165, 1.54) is 16.4 Å². The van der Waals surface area contributed by atoms with Gasteiger partial charge in [-0.15, -0.1) is 0 Å². The number of primary amides is 1. The van der Waals surface area contributed by atoms with Gasteiger partial charge in [0, 0.05) is 18.8 Å². The van der Waals surface area contributed by atoms with E-state index in [2.05, 4.69) is 5.32 Å². The summed E-state index contributed by atoms with van der Waals surface area (Å²) in [5, 5.41) is 2.73. The lowest BCUT2D eigenvalue weighted by atomic mass is 10.1. The van der Waals surface area contributed by atoms with Crippen LogP contribution >= 0.6 is 0 Å². The van der Waals surface area contributed by atoms with Crippen molar-refractivity contribution in [1.29, 1.82) is 0 Å². The van der Waals surface area contributed by atoms with Crippen molar-refractivity contribution in [3.63, 3.8) is 0 Å². The summed E-state index contributed by atoms with van der Waals surface area (Å²) in [6, 6.07) is 13.2. The highest BCUT2D eigenvalue weighted by atomic mass is 32.2.